The third kappa shape index (κ3) is 2.36. The molecule has 0 fully saturated rings. The summed E-state index contributed by atoms with van der Waals surface area (Å²) in [7, 11) is 0. The van der Waals surface area contributed by atoms with Gasteiger partial charge in [0.15, 0.2) is 11.6 Å². The monoisotopic (exact) mass is 256 g/mol. The number of nitrogen functional groups attached to an aromatic ring is 1. The van der Waals surface area contributed by atoms with Gasteiger partial charge in [0.2, 0.25) is 10.1 Å². The maximum Gasteiger partial charge on any atom is 0.286 e. The normalized spacial score (nSPS) is 10.2. The predicted molar refractivity (Wildman–Crippen MR) is 58.6 cm³/mol. The van der Waals surface area contributed by atoms with Crippen LogP contribution in [0.4, 0.5) is 19.6 Å². The highest BCUT2D eigenvalue weighted by Crippen LogP contribution is 2.18. The number of aromatic nitrogens is 2. The van der Waals surface area contributed by atoms with Gasteiger partial charge >= 0.3 is 0 Å². The first-order chi connectivity index (χ1) is 8.08. The fraction of sp³-hybridized carbons (Fsp3) is 0. The zero-order chi connectivity index (χ0) is 12.4. The Bertz CT molecular complexity index is 572. The molecule has 0 aliphatic rings. The van der Waals surface area contributed by atoms with Gasteiger partial charge in [-0.3, -0.25) is 4.79 Å². The number of carbonyl (C=O) groups is 1. The average Bonchev–Trinajstić information content (AvgIpc) is 2.72. The van der Waals surface area contributed by atoms with Gasteiger partial charge in [-0.15, -0.1) is 10.2 Å². The molecule has 2 aromatic rings. The Morgan fingerprint density at radius 3 is 2.76 bits per heavy atom. The lowest BCUT2D eigenvalue weighted by Crippen LogP contribution is -2.13. The summed E-state index contributed by atoms with van der Waals surface area (Å²) in [6.07, 6.45) is 0. The Hall–Kier alpha value is -2.09. The van der Waals surface area contributed by atoms with Crippen molar-refractivity contribution in [2.24, 2.45) is 0 Å². The van der Waals surface area contributed by atoms with Crippen molar-refractivity contribution in [2.75, 3.05) is 11.1 Å². The lowest BCUT2D eigenvalue weighted by Gasteiger charge is -2.03. The second kappa shape index (κ2) is 4.42. The molecule has 5 nitrogen and oxygen atoms in total. The number of carbonyl (C=O) groups excluding carboxylic acids is 1. The molecule has 0 atom stereocenters. The van der Waals surface area contributed by atoms with E-state index in [9.17, 15) is 13.6 Å². The second-order valence-electron chi connectivity index (χ2n) is 3.00. The van der Waals surface area contributed by atoms with Crippen LogP contribution in [0.25, 0.3) is 0 Å². The molecule has 17 heavy (non-hydrogen) atoms. The molecule has 0 bridgehead atoms. The molecule has 0 unspecified atom stereocenters. The zero-order valence-corrected chi connectivity index (χ0v) is 9.09. The summed E-state index contributed by atoms with van der Waals surface area (Å²) in [5.41, 5.74) is 5.03. The van der Waals surface area contributed by atoms with Gasteiger partial charge in [0, 0.05) is 0 Å². The number of halogens is 2. The molecule has 1 heterocycles. The van der Waals surface area contributed by atoms with E-state index in [2.05, 4.69) is 15.5 Å². The van der Waals surface area contributed by atoms with Crippen LogP contribution in [0.3, 0.4) is 0 Å². The van der Waals surface area contributed by atoms with E-state index in [1.54, 1.807) is 0 Å². The number of nitrogens with one attached hydrogen (secondary N) is 1. The number of hydrogen-bond acceptors (Lipinski definition) is 5. The molecule has 0 aliphatic heterocycles. The Labute approximate surface area is 98.3 Å². The number of nitrogens with two attached hydrogens (primary N) is 1. The maximum atomic E-state index is 13.2. The van der Waals surface area contributed by atoms with Gasteiger partial charge in [0.1, 0.15) is 0 Å². The van der Waals surface area contributed by atoms with E-state index in [1.165, 1.54) is 12.1 Å². The van der Waals surface area contributed by atoms with E-state index in [4.69, 9.17) is 5.73 Å². The molecule has 1 aromatic heterocycles. The summed E-state index contributed by atoms with van der Waals surface area (Å²) < 4.78 is 26.1. The van der Waals surface area contributed by atoms with E-state index >= 15 is 0 Å². The Morgan fingerprint density at radius 1 is 1.35 bits per heavy atom. The number of amides is 1. The number of nitrogens with zero attached hydrogens (tertiary/aromatic N) is 2. The summed E-state index contributed by atoms with van der Waals surface area (Å²) in [5, 5.41) is 9.19. The Kier molecular flexibility index (Phi) is 2.96. The van der Waals surface area contributed by atoms with Crippen molar-refractivity contribution in [3.05, 3.63) is 34.8 Å². The lowest BCUT2D eigenvalue weighted by molar-refractivity contribution is 0.102. The van der Waals surface area contributed by atoms with E-state index in [-0.39, 0.29) is 15.8 Å². The highest BCUT2D eigenvalue weighted by atomic mass is 32.1. The van der Waals surface area contributed by atoms with Crippen LogP contribution in [0, 0.1) is 11.6 Å². The first-order valence-electron chi connectivity index (χ1n) is 4.42. The molecule has 0 aliphatic carbocycles. The van der Waals surface area contributed by atoms with Crippen molar-refractivity contribution >= 4 is 28.1 Å². The van der Waals surface area contributed by atoms with Gasteiger partial charge in [-0.1, -0.05) is 17.4 Å². The molecule has 8 heteroatoms. The van der Waals surface area contributed by atoms with Gasteiger partial charge in [0.05, 0.1) is 5.69 Å². The largest absolute Gasteiger partial charge is 0.374 e. The molecule has 0 radical (unpaired) electrons. The van der Waals surface area contributed by atoms with Gasteiger partial charge in [0.25, 0.3) is 5.91 Å². The van der Waals surface area contributed by atoms with Crippen LogP contribution in [-0.4, -0.2) is 16.1 Å². The van der Waals surface area contributed by atoms with Crippen LogP contribution < -0.4 is 11.1 Å². The fourth-order valence-electron chi connectivity index (χ4n) is 1.10. The van der Waals surface area contributed by atoms with Crippen LogP contribution in [0.5, 0.6) is 0 Å². The topological polar surface area (TPSA) is 80.9 Å². The summed E-state index contributed by atoms with van der Waals surface area (Å²) >= 11 is 0.852. The summed E-state index contributed by atoms with van der Waals surface area (Å²) in [4.78, 5) is 11.5. The highest BCUT2D eigenvalue weighted by Gasteiger charge is 2.15. The van der Waals surface area contributed by atoms with E-state index < -0.39 is 17.5 Å². The SMILES string of the molecule is Nc1nnc(C(=O)Nc2cccc(F)c2F)s1. The van der Waals surface area contributed by atoms with Gasteiger partial charge in [-0.25, -0.2) is 8.78 Å². The van der Waals surface area contributed by atoms with Crippen molar-refractivity contribution in [2.45, 2.75) is 0 Å². The molecule has 2 rings (SSSR count). The van der Waals surface area contributed by atoms with Crippen LogP contribution in [-0.2, 0) is 0 Å². The predicted octanol–water partition coefficient (Wildman–Crippen LogP) is 1.65. The molecular weight excluding hydrogens is 250 g/mol. The summed E-state index contributed by atoms with van der Waals surface area (Å²) in [6.45, 7) is 0. The van der Waals surface area contributed by atoms with E-state index in [0.29, 0.717) is 0 Å². The molecule has 0 saturated heterocycles. The van der Waals surface area contributed by atoms with Crippen molar-refractivity contribution < 1.29 is 13.6 Å². The minimum Gasteiger partial charge on any atom is -0.374 e. The number of rotatable bonds is 2. The Morgan fingerprint density at radius 2 is 2.12 bits per heavy atom. The third-order valence-electron chi connectivity index (χ3n) is 1.83. The molecule has 0 spiro atoms. The van der Waals surface area contributed by atoms with Crippen LogP contribution >= 0.6 is 11.3 Å². The quantitative estimate of drug-likeness (QED) is 0.856. The van der Waals surface area contributed by atoms with Crippen molar-refractivity contribution in [3.8, 4) is 0 Å². The molecule has 3 N–H and O–H groups in total. The first kappa shape index (κ1) is 11.4. The van der Waals surface area contributed by atoms with Gasteiger partial charge in [-0.05, 0) is 12.1 Å². The minimum atomic E-state index is -1.13. The first-order valence-corrected chi connectivity index (χ1v) is 5.24. The molecular formula is C9H6F2N4OS. The molecule has 88 valence electrons. The molecule has 1 amide bonds. The van der Waals surface area contributed by atoms with Gasteiger partial charge in [-0.2, -0.15) is 0 Å². The lowest BCUT2D eigenvalue weighted by atomic mass is 10.3. The second-order valence-corrected chi connectivity index (χ2v) is 4.01. The van der Waals surface area contributed by atoms with Gasteiger partial charge < -0.3 is 11.1 Å². The molecule has 1 aromatic carbocycles. The standard InChI is InChI=1S/C9H6F2N4OS/c10-4-2-1-3-5(6(4)11)13-7(16)8-14-15-9(12)17-8/h1-3H,(H2,12,15)(H,13,16). The third-order valence-corrected chi connectivity index (χ3v) is 2.59. The van der Waals surface area contributed by atoms with E-state index in [0.717, 1.165) is 17.4 Å². The van der Waals surface area contributed by atoms with Crippen molar-refractivity contribution in [1.82, 2.24) is 10.2 Å². The number of anilines is 2. The zero-order valence-electron chi connectivity index (χ0n) is 8.28. The summed E-state index contributed by atoms with van der Waals surface area (Å²) in [6, 6.07) is 3.47. The smallest absolute Gasteiger partial charge is 0.286 e. The summed E-state index contributed by atoms with van der Waals surface area (Å²) in [5.74, 6) is -2.86. The van der Waals surface area contributed by atoms with Crippen LogP contribution in [0.2, 0.25) is 0 Å². The fourth-order valence-corrected chi connectivity index (χ4v) is 1.61. The van der Waals surface area contributed by atoms with Crippen molar-refractivity contribution in [3.63, 3.8) is 0 Å². The Balaban J connectivity index is 2.21. The van der Waals surface area contributed by atoms with Crippen LogP contribution in [0.15, 0.2) is 18.2 Å². The highest BCUT2D eigenvalue weighted by molar-refractivity contribution is 7.16. The van der Waals surface area contributed by atoms with Crippen molar-refractivity contribution in [1.29, 1.82) is 0 Å². The number of hydrogen-bond donors (Lipinski definition) is 2. The van der Waals surface area contributed by atoms with E-state index in [1.807, 2.05) is 0 Å². The maximum absolute atomic E-state index is 13.2. The average molecular weight is 256 g/mol. The molecule has 0 saturated carbocycles. The number of benzene rings is 1. The van der Waals surface area contributed by atoms with Crippen LogP contribution in [0.1, 0.15) is 9.80 Å². The minimum absolute atomic E-state index is 0.0221.